The predicted molar refractivity (Wildman–Crippen MR) is 101 cm³/mol. The highest BCUT2D eigenvalue weighted by molar-refractivity contribution is 7.10. The van der Waals surface area contributed by atoms with Gasteiger partial charge in [-0.1, -0.05) is 17.7 Å². The number of halogens is 1. The number of hydrogen-bond acceptors (Lipinski definition) is 5. The molecule has 7 heteroatoms. The van der Waals surface area contributed by atoms with E-state index in [1.54, 1.807) is 23.5 Å². The van der Waals surface area contributed by atoms with E-state index in [-0.39, 0.29) is 17.2 Å². The van der Waals surface area contributed by atoms with E-state index in [4.69, 9.17) is 16.0 Å². The smallest absolute Gasteiger partial charge is 0.287 e. The molecule has 3 rings (SSSR count). The van der Waals surface area contributed by atoms with Gasteiger partial charge in [-0.15, -0.1) is 11.3 Å². The second-order valence-corrected chi connectivity index (χ2v) is 7.24. The topological polar surface area (TPSA) is 62.6 Å². The number of fused-ring (bicyclic) bond motifs is 1. The summed E-state index contributed by atoms with van der Waals surface area (Å²) >= 11 is 7.53. The fourth-order valence-corrected chi connectivity index (χ4v) is 3.63. The van der Waals surface area contributed by atoms with Crippen LogP contribution in [0.2, 0.25) is 5.02 Å². The van der Waals surface area contributed by atoms with Gasteiger partial charge in [0.25, 0.3) is 5.91 Å². The molecule has 0 fully saturated rings. The summed E-state index contributed by atoms with van der Waals surface area (Å²) in [5, 5.41) is 5.64. The summed E-state index contributed by atoms with van der Waals surface area (Å²) in [6.07, 6.45) is 0. The van der Waals surface area contributed by atoms with Crippen LogP contribution in [0.4, 0.5) is 0 Å². The Hall–Kier alpha value is -2.15. The van der Waals surface area contributed by atoms with E-state index < -0.39 is 5.91 Å². The molecule has 0 radical (unpaired) electrons. The number of nitrogens with zero attached hydrogens (tertiary/aromatic N) is 1. The quantitative estimate of drug-likeness (QED) is 0.739. The third kappa shape index (κ3) is 3.92. The molecule has 25 heavy (non-hydrogen) atoms. The third-order valence-corrected chi connectivity index (χ3v) is 5.07. The lowest BCUT2D eigenvalue weighted by molar-refractivity contribution is 0.0915. The van der Waals surface area contributed by atoms with Crippen LogP contribution in [0.1, 0.15) is 21.5 Å². The molecule has 3 aromatic rings. The SMILES string of the molecule is CN(C)C(CNC(=O)c1cc(=O)c2cc(Cl)ccc2o1)c1cccs1. The summed E-state index contributed by atoms with van der Waals surface area (Å²) in [5.41, 5.74) is 0.0424. The van der Waals surface area contributed by atoms with Gasteiger partial charge in [0.1, 0.15) is 5.58 Å². The molecular formula is C18H17ClN2O3S. The van der Waals surface area contributed by atoms with Crippen molar-refractivity contribution in [3.05, 3.63) is 67.7 Å². The second kappa shape index (κ2) is 7.39. The zero-order chi connectivity index (χ0) is 18.0. The van der Waals surface area contributed by atoms with Gasteiger partial charge in [-0.3, -0.25) is 9.59 Å². The van der Waals surface area contributed by atoms with Crippen LogP contribution in [0, 0.1) is 0 Å². The lowest BCUT2D eigenvalue weighted by Crippen LogP contribution is -2.34. The number of amides is 1. The molecule has 1 N–H and O–H groups in total. The van der Waals surface area contributed by atoms with E-state index in [0.29, 0.717) is 22.5 Å². The summed E-state index contributed by atoms with van der Waals surface area (Å²) in [6, 6.07) is 9.99. The minimum absolute atomic E-state index is 0.0106. The number of hydrogen-bond donors (Lipinski definition) is 1. The van der Waals surface area contributed by atoms with E-state index in [0.717, 1.165) is 4.88 Å². The number of rotatable bonds is 5. The van der Waals surface area contributed by atoms with Gasteiger partial charge in [0.05, 0.1) is 11.4 Å². The molecular weight excluding hydrogens is 360 g/mol. The number of carbonyl (C=O) groups is 1. The highest BCUT2D eigenvalue weighted by Crippen LogP contribution is 2.22. The fraction of sp³-hybridized carbons (Fsp3) is 0.222. The average Bonchev–Trinajstić information content (AvgIpc) is 3.09. The molecule has 2 aromatic heterocycles. The van der Waals surface area contributed by atoms with E-state index in [9.17, 15) is 9.59 Å². The Bertz CT molecular complexity index is 951. The third-order valence-electron chi connectivity index (χ3n) is 3.86. The number of thiophene rings is 1. The minimum atomic E-state index is -0.419. The standard InChI is InChI=1S/C18H17ClN2O3S/c1-21(2)13(17-4-3-7-25-17)10-20-18(23)16-9-14(22)12-8-11(19)5-6-15(12)24-16/h3-9,13H,10H2,1-2H3,(H,20,23). The molecule has 1 aromatic carbocycles. The first-order valence-corrected chi connectivity index (χ1v) is 8.93. The van der Waals surface area contributed by atoms with Crippen LogP contribution >= 0.6 is 22.9 Å². The molecule has 1 unspecified atom stereocenters. The van der Waals surface area contributed by atoms with Crippen LogP contribution < -0.4 is 10.7 Å². The zero-order valence-electron chi connectivity index (χ0n) is 13.8. The van der Waals surface area contributed by atoms with Gasteiger partial charge in [-0.05, 0) is 43.7 Å². The van der Waals surface area contributed by atoms with E-state index >= 15 is 0 Å². The normalized spacial score (nSPS) is 12.5. The first-order chi connectivity index (χ1) is 12.0. The molecule has 130 valence electrons. The van der Waals surface area contributed by atoms with Crippen molar-refractivity contribution in [1.29, 1.82) is 0 Å². The first-order valence-electron chi connectivity index (χ1n) is 7.67. The number of carbonyl (C=O) groups excluding carboxylic acids is 1. The molecule has 0 aliphatic rings. The Morgan fingerprint density at radius 3 is 2.80 bits per heavy atom. The van der Waals surface area contributed by atoms with Gasteiger partial charge < -0.3 is 14.6 Å². The van der Waals surface area contributed by atoms with E-state index in [1.165, 1.54) is 12.1 Å². The predicted octanol–water partition coefficient (Wildman–Crippen LogP) is 3.54. The van der Waals surface area contributed by atoms with Gasteiger partial charge in [-0.2, -0.15) is 0 Å². The maximum Gasteiger partial charge on any atom is 0.287 e. The summed E-state index contributed by atoms with van der Waals surface area (Å²) in [4.78, 5) is 27.8. The van der Waals surface area contributed by atoms with Crippen molar-refractivity contribution in [2.75, 3.05) is 20.6 Å². The molecule has 1 amide bonds. The molecule has 0 spiro atoms. The average molecular weight is 377 g/mol. The zero-order valence-corrected chi connectivity index (χ0v) is 15.4. The van der Waals surface area contributed by atoms with Crippen LogP contribution in [0.25, 0.3) is 11.0 Å². The molecule has 1 atom stereocenters. The van der Waals surface area contributed by atoms with Crippen LogP contribution in [0.5, 0.6) is 0 Å². The maximum atomic E-state index is 12.4. The number of nitrogens with one attached hydrogen (secondary N) is 1. The molecule has 0 aliphatic heterocycles. The highest BCUT2D eigenvalue weighted by Gasteiger charge is 2.18. The Balaban J connectivity index is 1.80. The number of likely N-dealkylation sites (N-methyl/N-ethyl adjacent to an activating group) is 1. The Morgan fingerprint density at radius 1 is 1.32 bits per heavy atom. The van der Waals surface area contributed by atoms with Crippen molar-refractivity contribution < 1.29 is 9.21 Å². The van der Waals surface area contributed by atoms with Crippen molar-refractivity contribution in [3.8, 4) is 0 Å². The Labute approximate surface area is 153 Å². The first kappa shape index (κ1) is 17.7. The Kier molecular flexibility index (Phi) is 5.22. The fourth-order valence-electron chi connectivity index (χ4n) is 2.54. The van der Waals surface area contributed by atoms with Crippen molar-refractivity contribution in [1.82, 2.24) is 10.2 Å². The molecule has 0 saturated heterocycles. The lowest BCUT2D eigenvalue weighted by atomic mass is 10.2. The lowest BCUT2D eigenvalue weighted by Gasteiger charge is -2.23. The van der Waals surface area contributed by atoms with Gasteiger partial charge >= 0.3 is 0 Å². The van der Waals surface area contributed by atoms with Gasteiger partial charge in [-0.25, -0.2) is 0 Å². The molecule has 0 aliphatic carbocycles. The maximum absolute atomic E-state index is 12.4. The molecule has 5 nitrogen and oxygen atoms in total. The summed E-state index contributed by atoms with van der Waals surface area (Å²) < 4.78 is 5.56. The second-order valence-electron chi connectivity index (χ2n) is 5.82. The van der Waals surface area contributed by atoms with E-state index in [1.807, 2.05) is 36.5 Å². The summed E-state index contributed by atoms with van der Waals surface area (Å²) in [7, 11) is 3.91. The van der Waals surface area contributed by atoms with Crippen molar-refractivity contribution in [2.45, 2.75) is 6.04 Å². The van der Waals surface area contributed by atoms with Gasteiger partial charge in [0, 0.05) is 22.5 Å². The van der Waals surface area contributed by atoms with Gasteiger partial charge in [0.2, 0.25) is 0 Å². The van der Waals surface area contributed by atoms with Crippen LogP contribution in [0.15, 0.2) is 51.0 Å². The number of benzene rings is 1. The minimum Gasteiger partial charge on any atom is -0.451 e. The Morgan fingerprint density at radius 2 is 2.12 bits per heavy atom. The summed E-state index contributed by atoms with van der Waals surface area (Å²) in [6.45, 7) is 0.411. The summed E-state index contributed by atoms with van der Waals surface area (Å²) in [5.74, 6) is -0.430. The van der Waals surface area contributed by atoms with E-state index in [2.05, 4.69) is 5.32 Å². The van der Waals surface area contributed by atoms with Crippen molar-refractivity contribution in [2.24, 2.45) is 0 Å². The van der Waals surface area contributed by atoms with Crippen LogP contribution in [-0.4, -0.2) is 31.4 Å². The van der Waals surface area contributed by atoms with Crippen LogP contribution in [-0.2, 0) is 0 Å². The van der Waals surface area contributed by atoms with Crippen LogP contribution in [0.3, 0.4) is 0 Å². The monoisotopic (exact) mass is 376 g/mol. The molecule has 2 heterocycles. The van der Waals surface area contributed by atoms with Crippen molar-refractivity contribution in [3.63, 3.8) is 0 Å². The van der Waals surface area contributed by atoms with Gasteiger partial charge in [0.15, 0.2) is 11.2 Å². The molecule has 0 saturated carbocycles. The largest absolute Gasteiger partial charge is 0.451 e. The highest BCUT2D eigenvalue weighted by atomic mass is 35.5. The van der Waals surface area contributed by atoms with Crippen molar-refractivity contribution >= 4 is 39.8 Å². The molecule has 0 bridgehead atoms.